The number of benzene rings is 2. The highest BCUT2D eigenvalue weighted by molar-refractivity contribution is 6.21. The number of imide groups is 1. The van der Waals surface area contributed by atoms with Crippen molar-refractivity contribution in [2.75, 3.05) is 11.9 Å². The van der Waals surface area contributed by atoms with Crippen LogP contribution in [0.2, 0.25) is 0 Å². The zero-order chi connectivity index (χ0) is 19.6. The number of rotatable bonds is 6. The third kappa shape index (κ3) is 3.79. The minimum absolute atomic E-state index is 0.0730. The molecule has 1 aliphatic heterocycles. The van der Waals surface area contributed by atoms with Crippen LogP contribution in [-0.2, 0) is 4.79 Å². The van der Waals surface area contributed by atoms with Crippen LogP contribution < -0.4 is 5.32 Å². The lowest BCUT2D eigenvalue weighted by Crippen LogP contribution is -2.31. The summed E-state index contributed by atoms with van der Waals surface area (Å²) in [5.74, 6) is -0.937. The number of aryl methyl sites for hydroxylation is 1. The van der Waals surface area contributed by atoms with Crippen LogP contribution >= 0.6 is 0 Å². The first-order chi connectivity index (χ1) is 12.9. The second-order valence-corrected chi connectivity index (χ2v) is 6.55. The Kier molecular flexibility index (Phi) is 5.16. The molecule has 1 N–H and O–H groups in total. The molecule has 0 unspecified atom stereocenters. The van der Waals surface area contributed by atoms with E-state index in [1.807, 2.05) is 6.92 Å². The van der Waals surface area contributed by atoms with Gasteiger partial charge in [-0.1, -0.05) is 24.3 Å². The smallest absolute Gasteiger partial charge is 0.261 e. The van der Waals surface area contributed by atoms with E-state index in [0.717, 1.165) is 5.56 Å². The summed E-state index contributed by atoms with van der Waals surface area (Å²) in [7, 11) is 0. The van der Waals surface area contributed by atoms with Crippen LogP contribution in [-0.4, -0.2) is 34.9 Å². The van der Waals surface area contributed by atoms with E-state index in [0.29, 0.717) is 28.8 Å². The number of hydrogen-bond acceptors (Lipinski definition) is 4. The van der Waals surface area contributed by atoms with Gasteiger partial charge in [0.15, 0.2) is 5.78 Å². The molecule has 1 heterocycles. The molecule has 6 heteroatoms. The van der Waals surface area contributed by atoms with E-state index >= 15 is 0 Å². The van der Waals surface area contributed by atoms with Crippen LogP contribution in [0.25, 0.3) is 0 Å². The number of Topliss-reactive ketones (excluding diaryl/α,β-unsaturated/α-hetero) is 1. The third-order valence-electron chi connectivity index (χ3n) is 4.58. The first-order valence-corrected chi connectivity index (χ1v) is 8.75. The molecule has 0 bridgehead atoms. The Morgan fingerprint density at radius 3 is 2.22 bits per heavy atom. The van der Waals surface area contributed by atoms with Crippen molar-refractivity contribution in [2.45, 2.75) is 26.7 Å². The third-order valence-corrected chi connectivity index (χ3v) is 4.58. The van der Waals surface area contributed by atoms with Gasteiger partial charge in [0.05, 0.1) is 11.1 Å². The van der Waals surface area contributed by atoms with Gasteiger partial charge in [0, 0.05) is 24.2 Å². The van der Waals surface area contributed by atoms with Gasteiger partial charge in [-0.05, 0) is 44.0 Å². The van der Waals surface area contributed by atoms with E-state index < -0.39 is 0 Å². The average molecular weight is 364 g/mol. The Morgan fingerprint density at radius 2 is 1.63 bits per heavy atom. The molecule has 0 aliphatic carbocycles. The number of amides is 3. The Morgan fingerprint density at radius 1 is 1.00 bits per heavy atom. The Bertz CT molecular complexity index is 914. The van der Waals surface area contributed by atoms with Gasteiger partial charge in [-0.25, -0.2) is 0 Å². The maximum absolute atomic E-state index is 12.3. The van der Waals surface area contributed by atoms with Gasteiger partial charge in [-0.2, -0.15) is 0 Å². The average Bonchev–Trinajstić information content (AvgIpc) is 2.88. The van der Waals surface area contributed by atoms with Crippen molar-refractivity contribution in [2.24, 2.45) is 0 Å². The summed E-state index contributed by atoms with van der Waals surface area (Å²) < 4.78 is 0. The fourth-order valence-electron chi connectivity index (χ4n) is 3.03. The van der Waals surface area contributed by atoms with Crippen LogP contribution in [0.3, 0.4) is 0 Å². The molecule has 0 fully saturated rings. The number of carbonyl (C=O) groups excluding carboxylic acids is 4. The predicted octanol–water partition coefficient (Wildman–Crippen LogP) is 3.21. The molecule has 2 aromatic rings. The van der Waals surface area contributed by atoms with Gasteiger partial charge in [-0.15, -0.1) is 0 Å². The second-order valence-electron chi connectivity index (χ2n) is 6.55. The highest BCUT2D eigenvalue weighted by Gasteiger charge is 2.34. The lowest BCUT2D eigenvalue weighted by Gasteiger charge is -2.14. The highest BCUT2D eigenvalue weighted by atomic mass is 16.2. The van der Waals surface area contributed by atoms with E-state index in [2.05, 4.69) is 5.32 Å². The summed E-state index contributed by atoms with van der Waals surface area (Å²) in [6.07, 6.45) is 0.528. The van der Waals surface area contributed by atoms with Crippen molar-refractivity contribution in [3.8, 4) is 0 Å². The maximum atomic E-state index is 12.3. The predicted molar refractivity (Wildman–Crippen MR) is 101 cm³/mol. The highest BCUT2D eigenvalue weighted by Crippen LogP contribution is 2.23. The molecule has 0 aromatic heterocycles. The fraction of sp³-hybridized carbons (Fsp3) is 0.238. The van der Waals surface area contributed by atoms with Gasteiger partial charge in [-0.3, -0.25) is 24.1 Å². The number of carbonyl (C=O) groups is 4. The first-order valence-electron chi connectivity index (χ1n) is 8.75. The van der Waals surface area contributed by atoms with Gasteiger partial charge in [0.1, 0.15) is 0 Å². The van der Waals surface area contributed by atoms with Gasteiger partial charge < -0.3 is 5.32 Å². The molecule has 138 valence electrons. The molecule has 6 nitrogen and oxygen atoms in total. The van der Waals surface area contributed by atoms with E-state index in [9.17, 15) is 19.2 Å². The molecule has 3 amide bonds. The Hall–Kier alpha value is -3.28. The van der Waals surface area contributed by atoms with Crippen molar-refractivity contribution < 1.29 is 19.2 Å². The van der Waals surface area contributed by atoms with Gasteiger partial charge >= 0.3 is 0 Å². The summed E-state index contributed by atoms with van der Waals surface area (Å²) in [5.41, 5.74) is 2.79. The van der Waals surface area contributed by atoms with Gasteiger partial charge in [0.2, 0.25) is 5.91 Å². The standard InChI is InChI=1S/C21H20N2O4/c1-13-9-10-15(14(2)24)12-18(13)22-19(25)8-5-11-23-20(26)16-6-3-4-7-17(16)21(23)27/h3-4,6-7,9-10,12H,5,8,11H2,1-2H3,(H,22,25). The maximum Gasteiger partial charge on any atom is 0.261 e. The van der Waals surface area contributed by atoms with Crippen LogP contribution in [0.4, 0.5) is 5.69 Å². The van der Waals surface area contributed by atoms with Crippen molar-refractivity contribution in [1.82, 2.24) is 4.90 Å². The molecular formula is C21H20N2O4. The molecule has 1 aliphatic rings. The summed E-state index contributed by atoms with van der Waals surface area (Å²) in [6, 6.07) is 11.9. The Balaban J connectivity index is 1.57. The quantitative estimate of drug-likeness (QED) is 0.630. The molecular weight excluding hydrogens is 344 g/mol. The number of anilines is 1. The van der Waals surface area contributed by atoms with Crippen molar-refractivity contribution >= 4 is 29.2 Å². The van der Waals surface area contributed by atoms with E-state index in [-0.39, 0.29) is 36.5 Å². The number of ketones is 1. The minimum Gasteiger partial charge on any atom is -0.326 e. The number of fused-ring (bicyclic) bond motifs is 1. The van der Waals surface area contributed by atoms with Crippen molar-refractivity contribution in [3.05, 3.63) is 64.7 Å². The van der Waals surface area contributed by atoms with E-state index in [1.54, 1.807) is 42.5 Å². The molecule has 3 rings (SSSR count). The number of hydrogen-bond donors (Lipinski definition) is 1. The summed E-state index contributed by atoms with van der Waals surface area (Å²) in [4.78, 5) is 49.5. The van der Waals surface area contributed by atoms with Gasteiger partial charge in [0.25, 0.3) is 11.8 Å². The Labute approximate surface area is 157 Å². The SMILES string of the molecule is CC(=O)c1ccc(C)c(NC(=O)CCCN2C(=O)c3ccccc3C2=O)c1. The summed E-state index contributed by atoms with van der Waals surface area (Å²) in [5, 5.41) is 2.79. The molecule has 0 atom stereocenters. The van der Waals surface area contributed by atoms with Crippen molar-refractivity contribution in [3.63, 3.8) is 0 Å². The van der Waals surface area contributed by atoms with E-state index in [1.165, 1.54) is 11.8 Å². The topological polar surface area (TPSA) is 83.6 Å². The monoisotopic (exact) mass is 364 g/mol. The largest absolute Gasteiger partial charge is 0.326 e. The van der Waals surface area contributed by atoms with Crippen molar-refractivity contribution in [1.29, 1.82) is 0 Å². The summed E-state index contributed by atoms with van der Waals surface area (Å²) >= 11 is 0. The molecule has 0 saturated heterocycles. The van der Waals surface area contributed by atoms with E-state index in [4.69, 9.17) is 0 Å². The second kappa shape index (κ2) is 7.53. The minimum atomic E-state index is -0.319. The summed E-state index contributed by atoms with van der Waals surface area (Å²) in [6.45, 7) is 3.50. The van der Waals surface area contributed by atoms with Crippen LogP contribution in [0.5, 0.6) is 0 Å². The van der Waals surface area contributed by atoms with Crippen LogP contribution in [0, 0.1) is 6.92 Å². The number of nitrogens with zero attached hydrogens (tertiary/aromatic N) is 1. The van der Waals surface area contributed by atoms with Crippen LogP contribution in [0.1, 0.15) is 56.4 Å². The zero-order valence-electron chi connectivity index (χ0n) is 15.2. The molecule has 0 radical (unpaired) electrons. The number of nitrogens with one attached hydrogen (secondary N) is 1. The normalized spacial score (nSPS) is 12.9. The molecule has 0 spiro atoms. The molecule has 2 aromatic carbocycles. The molecule has 0 saturated carbocycles. The lowest BCUT2D eigenvalue weighted by molar-refractivity contribution is -0.116. The molecule has 27 heavy (non-hydrogen) atoms. The first kappa shape index (κ1) is 18.5. The van der Waals surface area contributed by atoms with Crippen LogP contribution in [0.15, 0.2) is 42.5 Å². The fourth-order valence-corrected chi connectivity index (χ4v) is 3.03. The zero-order valence-corrected chi connectivity index (χ0v) is 15.2. The lowest BCUT2D eigenvalue weighted by atomic mass is 10.1.